The summed E-state index contributed by atoms with van der Waals surface area (Å²) in [5.74, 6) is 0.775. The van der Waals surface area contributed by atoms with E-state index in [4.69, 9.17) is 10.5 Å². The van der Waals surface area contributed by atoms with Crippen LogP contribution in [-0.2, 0) is 0 Å². The minimum atomic E-state index is 0.0605. The first-order valence-electron chi connectivity index (χ1n) is 6.18. The zero-order valence-electron chi connectivity index (χ0n) is 11.3. The summed E-state index contributed by atoms with van der Waals surface area (Å²) in [6.45, 7) is 2.46. The van der Waals surface area contributed by atoms with E-state index >= 15 is 0 Å². The number of anilines is 1. The molecule has 2 aromatic rings. The number of rotatable bonds is 3. The minimum absolute atomic E-state index is 0.0605. The average molecular weight is 296 g/mol. The van der Waals surface area contributed by atoms with Gasteiger partial charge in [-0.25, -0.2) is 4.98 Å². The van der Waals surface area contributed by atoms with Gasteiger partial charge in [-0.1, -0.05) is 12.1 Å². The van der Waals surface area contributed by atoms with Crippen molar-refractivity contribution in [2.24, 2.45) is 0 Å². The van der Waals surface area contributed by atoms with Gasteiger partial charge in [0.1, 0.15) is 34.3 Å². The molecule has 0 saturated carbocycles. The van der Waals surface area contributed by atoms with Crippen LogP contribution < -0.4 is 10.5 Å². The van der Waals surface area contributed by atoms with E-state index in [1.165, 1.54) is 0 Å². The maximum atomic E-state index is 9.30. The maximum Gasteiger partial charge on any atom is 0.143 e. The van der Waals surface area contributed by atoms with E-state index in [0.29, 0.717) is 23.5 Å². The summed E-state index contributed by atoms with van der Waals surface area (Å²) >= 11 is 4.16. The molecule has 0 unspecified atom stereocenters. The van der Waals surface area contributed by atoms with Crippen LogP contribution in [0.1, 0.15) is 18.1 Å². The largest absolute Gasteiger partial charge is 0.494 e. The van der Waals surface area contributed by atoms with E-state index in [0.717, 1.165) is 0 Å². The zero-order valence-corrected chi connectivity index (χ0v) is 12.2. The van der Waals surface area contributed by atoms with E-state index in [1.807, 2.05) is 19.1 Å². The summed E-state index contributed by atoms with van der Waals surface area (Å²) in [7, 11) is 0. The second-order valence-electron chi connectivity index (χ2n) is 4.13. The van der Waals surface area contributed by atoms with Crippen molar-refractivity contribution < 1.29 is 4.74 Å². The van der Waals surface area contributed by atoms with Gasteiger partial charge in [0.05, 0.1) is 12.2 Å². The highest BCUT2D eigenvalue weighted by Gasteiger charge is 2.18. The van der Waals surface area contributed by atoms with Crippen molar-refractivity contribution in [3.05, 3.63) is 35.4 Å². The Labute approximate surface area is 128 Å². The number of nitrogens with two attached hydrogens (primary N) is 1. The van der Waals surface area contributed by atoms with Gasteiger partial charge in [-0.3, -0.25) is 0 Å². The van der Waals surface area contributed by atoms with Crippen LogP contribution in [0.5, 0.6) is 5.75 Å². The number of nitriles is 2. The lowest BCUT2D eigenvalue weighted by molar-refractivity contribution is 0.340. The maximum absolute atomic E-state index is 9.30. The highest BCUT2D eigenvalue weighted by molar-refractivity contribution is 7.80. The topological polar surface area (TPSA) is 95.7 Å². The van der Waals surface area contributed by atoms with Crippen LogP contribution in [0.3, 0.4) is 0 Å². The van der Waals surface area contributed by atoms with Crippen molar-refractivity contribution in [3.8, 4) is 29.0 Å². The number of nitrogen functional groups attached to an aromatic ring is 1. The molecule has 0 amide bonds. The lowest BCUT2D eigenvalue weighted by atomic mass is 9.97. The predicted molar refractivity (Wildman–Crippen MR) is 81.9 cm³/mol. The van der Waals surface area contributed by atoms with Gasteiger partial charge in [-0.15, -0.1) is 12.6 Å². The van der Waals surface area contributed by atoms with E-state index in [9.17, 15) is 10.5 Å². The predicted octanol–water partition coefficient (Wildman–Crippen LogP) is 2.76. The monoisotopic (exact) mass is 296 g/mol. The van der Waals surface area contributed by atoms with Crippen LogP contribution in [0.4, 0.5) is 5.82 Å². The number of ether oxygens (including phenoxy) is 1. The molecule has 0 saturated heterocycles. The normalized spacial score (nSPS) is 9.71. The van der Waals surface area contributed by atoms with Crippen LogP contribution in [-0.4, -0.2) is 11.6 Å². The Morgan fingerprint density at radius 2 is 1.81 bits per heavy atom. The first-order chi connectivity index (χ1) is 10.1. The van der Waals surface area contributed by atoms with Crippen molar-refractivity contribution in [2.45, 2.75) is 11.9 Å². The van der Waals surface area contributed by atoms with Crippen LogP contribution in [0, 0.1) is 22.7 Å². The molecule has 0 atom stereocenters. The van der Waals surface area contributed by atoms with Gasteiger partial charge in [0.15, 0.2) is 0 Å². The van der Waals surface area contributed by atoms with Crippen LogP contribution >= 0.6 is 12.6 Å². The molecular formula is C15H12N4OS. The second kappa shape index (κ2) is 6.17. The lowest BCUT2D eigenvalue weighted by Gasteiger charge is -2.11. The number of benzene rings is 1. The summed E-state index contributed by atoms with van der Waals surface area (Å²) in [5.41, 5.74) is 7.29. The van der Waals surface area contributed by atoms with Gasteiger partial charge in [-0.05, 0) is 24.6 Å². The molecule has 0 aliphatic rings. The molecule has 6 heteroatoms. The Bertz CT molecular complexity index is 719. The van der Waals surface area contributed by atoms with Crippen molar-refractivity contribution in [3.63, 3.8) is 0 Å². The fraction of sp³-hybridized carbons (Fsp3) is 0.133. The molecule has 2 N–H and O–H groups in total. The van der Waals surface area contributed by atoms with E-state index in [-0.39, 0.29) is 22.0 Å². The average Bonchev–Trinajstić information content (AvgIpc) is 2.48. The van der Waals surface area contributed by atoms with Gasteiger partial charge in [0.25, 0.3) is 0 Å². The standard InChI is InChI=1S/C15H12N4OS/c1-2-20-10-5-3-9(4-6-10)13-11(7-16)14(18)19-15(21)12(13)8-17/h3-6H,2H2,1H3,(H3,18,19,21). The minimum Gasteiger partial charge on any atom is -0.494 e. The van der Waals surface area contributed by atoms with Crippen LogP contribution in [0.25, 0.3) is 11.1 Å². The molecule has 1 aromatic heterocycles. The SMILES string of the molecule is CCOc1ccc(-c2c(C#N)c(N)nc(S)c2C#N)cc1. The van der Waals surface area contributed by atoms with E-state index < -0.39 is 0 Å². The number of hydrogen-bond acceptors (Lipinski definition) is 6. The lowest BCUT2D eigenvalue weighted by Crippen LogP contribution is -2.02. The molecule has 0 spiro atoms. The summed E-state index contributed by atoms with van der Waals surface area (Å²) in [4.78, 5) is 3.92. The Hall–Kier alpha value is -2.70. The van der Waals surface area contributed by atoms with Gasteiger partial charge in [0, 0.05) is 5.56 Å². The molecule has 0 radical (unpaired) electrons. The summed E-state index contributed by atoms with van der Waals surface area (Å²) in [6, 6.07) is 11.1. The second-order valence-corrected chi connectivity index (χ2v) is 4.55. The molecule has 1 aromatic carbocycles. The van der Waals surface area contributed by atoms with Gasteiger partial charge < -0.3 is 10.5 Å². The Morgan fingerprint density at radius 1 is 1.19 bits per heavy atom. The Kier molecular flexibility index (Phi) is 4.32. The molecular weight excluding hydrogens is 284 g/mol. The van der Waals surface area contributed by atoms with Crippen molar-refractivity contribution >= 4 is 18.4 Å². The molecule has 5 nitrogen and oxygen atoms in total. The van der Waals surface area contributed by atoms with Gasteiger partial charge >= 0.3 is 0 Å². The van der Waals surface area contributed by atoms with E-state index in [1.54, 1.807) is 24.3 Å². The number of pyridine rings is 1. The van der Waals surface area contributed by atoms with Crippen molar-refractivity contribution in [2.75, 3.05) is 12.3 Å². The first-order valence-corrected chi connectivity index (χ1v) is 6.63. The molecule has 104 valence electrons. The van der Waals surface area contributed by atoms with E-state index in [2.05, 4.69) is 17.6 Å². The van der Waals surface area contributed by atoms with Crippen molar-refractivity contribution in [1.82, 2.24) is 4.98 Å². The third-order valence-corrected chi connectivity index (χ3v) is 3.21. The summed E-state index contributed by atoms with van der Waals surface area (Å²) in [5, 5.41) is 18.8. The Balaban J connectivity index is 2.68. The number of aromatic nitrogens is 1. The third-order valence-electron chi connectivity index (χ3n) is 2.88. The summed E-state index contributed by atoms with van der Waals surface area (Å²) < 4.78 is 5.38. The fourth-order valence-corrected chi connectivity index (χ4v) is 2.25. The smallest absolute Gasteiger partial charge is 0.143 e. The molecule has 21 heavy (non-hydrogen) atoms. The Morgan fingerprint density at radius 3 is 2.33 bits per heavy atom. The quantitative estimate of drug-likeness (QED) is 0.849. The van der Waals surface area contributed by atoms with Crippen molar-refractivity contribution in [1.29, 1.82) is 10.5 Å². The molecule has 1 heterocycles. The molecule has 0 aliphatic heterocycles. The fourth-order valence-electron chi connectivity index (χ4n) is 1.98. The molecule has 0 aliphatic carbocycles. The number of nitrogens with zero attached hydrogens (tertiary/aromatic N) is 3. The molecule has 0 bridgehead atoms. The highest BCUT2D eigenvalue weighted by atomic mass is 32.1. The highest BCUT2D eigenvalue weighted by Crippen LogP contribution is 2.33. The number of hydrogen-bond donors (Lipinski definition) is 2. The number of thiol groups is 1. The van der Waals surface area contributed by atoms with Crippen LogP contribution in [0.15, 0.2) is 29.3 Å². The first kappa shape index (κ1) is 14.7. The van der Waals surface area contributed by atoms with Gasteiger partial charge in [0.2, 0.25) is 0 Å². The van der Waals surface area contributed by atoms with Crippen LogP contribution in [0.2, 0.25) is 0 Å². The summed E-state index contributed by atoms with van der Waals surface area (Å²) in [6.07, 6.45) is 0. The molecule has 0 fully saturated rings. The molecule has 2 rings (SSSR count). The zero-order chi connectivity index (χ0) is 15.4. The third kappa shape index (κ3) is 2.76. The van der Waals surface area contributed by atoms with Gasteiger partial charge in [-0.2, -0.15) is 10.5 Å².